The Hall–Kier alpha value is -0.720. The van der Waals surface area contributed by atoms with E-state index in [1.807, 2.05) is 33.8 Å². The van der Waals surface area contributed by atoms with E-state index < -0.39 is 0 Å². The quantitative estimate of drug-likeness (QED) is 0.611. The molecule has 0 aromatic rings. The van der Waals surface area contributed by atoms with Gasteiger partial charge < -0.3 is 4.74 Å². The van der Waals surface area contributed by atoms with Gasteiger partial charge in [-0.15, -0.1) is 0 Å². The number of hydrogen-bond acceptors (Lipinski definition) is 1. The number of rotatable bonds is 2. The van der Waals surface area contributed by atoms with Crippen LogP contribution in [0, 0.1) is 0 Å². The van der Waals surface area contributed by atoms with Crippen molar-refractivity contribution in [2.24, 2.45) is 0 Å². The first-order chi connectivity index (χ1) is 5.79. The molecule has 0 N–H and O–H groups in total. The van der Waals surface area contributed by atoms with E-state index in [1.54, 1.807) is 0 Å². The Labute approximate surface area is 76.1 Å². The molecule has 1 nitrogen and oxygen atoms in total. The summed E-state index contributed by atoms with van der Waals surface area (Å²) in [7, 11) is 0. The highest BCUT2D eigenvalue weighted by atomic mass is 16.5. The highest BCUT2D eigenvalue weighted by molar-refractivity contribution is 5.16. The van der Waals surface area contributed by atoms with E-state index in [0.717, 1.165) is 18.6 Å². The largest absolute Gasteiger partial charge is 0.491 e. The third kappa shape index (κ3) is 5.00. The van der Waals surface area contributed by atoms with Gasteiger partial charge in [0.15, 0.2) is 0 Å². The number of allylic oxidation sites excluding steroid dienone is 3. The van der Waals surface area contributed by atoms with Crippen molar-refractivity contribution >= 4 is 0 Å². The van der Waals surface area contributed by atoms with Crippen LogP contribution in [-0.2, 0) is 4.74 Å². The topological polar surface area (TPSA) is 9.23 Å². The lowest BCUT2D eigenvalue weighted by atomic mass is 10.2. The molecule has 0 saturated carbocycles. The van der Waals surface area contributed by atoms with Gasteiger partial charge in [0.1, 0.15) is 5.76 Å². The lowest BCUT2D eigenvalue weighted by Crippen LogP contribution is -2.01. The molecule has 1 rings (SSSR count). The summed E-state index contributed by atoms with van der Waals surface area (Å²) in [6.45, 7) is 8.09. The van der Waals surface area contributed by atoms with Gasteiger partial charge in [-0.3, -0.25) is 0 Å². The van der Waals surface area contributed by atoms with Crippen molar-refractivity contribution < 1.29 is 4.74 Å². The van der Waals surface area contributed by atoms with Crippen LogP contribution in [0.5, 0.6) is 0 Å². The molecule has 1 aliphatic carbocycles. The first kappa shape index (κ1) is 11.3. The maximum Gasteiger partial charge on any atom is 0.115 e. The van der Waals surface area contributed by atoms with Crippen molar-refractivity contribution in [3.8, 4) is 0 Å². The maximum absolute atomic E-state index is 5.47. The zero-order valence-corrected chi connectivity index (χ0v) is 8.63. The summed E-state index contributed by atoms with van der Waals surface area (Å²) < 4.78 is 5.47. The monoisotopic (exact) mass is 168 g/mol. The predicted molar refractivity (Wildman–Crippen MR) is 54.0 cm³/mol. The average molecular weight is 168 g/mol. The molecule has 1 heteroatoms. The van der Waals surface area contributed by atoms with Gasteiger partial charge in [-0.05, 0) is 38.8 Å². The summed E-state index contributed by atoms with van der Waals surface area (Å²) in [4.78, 5) is 0. The Morgan fingerprint density at radius 3 is 2.33 bits per heavy atom. The molecular formula is C11H20O. The van der Waals surface area contributed by atoms with Crippen molar-refractivity contribution in [2.45, 2.75) is 46.6 Å². The minimum absolute atomic E-state index is 0.300. The normalized spacial score (nSPS) is 14.9. The summed E-state index contributed by atoms with van der Waals surface area (Å²) in [6, 6.07) is 0. The van der Waals surface area contributed by atoms with Crippen molar-refractivity contribution in [1.29, 1.82) is 0 Å². The summed E-state index contributed by atoms with van der Waals surface area (Å²) in [5.41, 5.74) is 0. The molecular weight excluding hydrogens is 148 g/mol. The molecule has 12 heavy (non-hydrogen) atoms. The van der Waals surface area contributed by atoms with Crippen LogP contribution in [0.25, 0.3) is 0 Å². The molecule has 0 radical (unpaired) electrons. The van der Waals surface area contributed by atoms with Crippen molar-refractivity contribution in [3.05, 3.63) is 24.0 Å². The van der Waals surface area contributed by atoms with Crippen LogP contribution in [0.1, 0.15) is 40.5 Å². The van der Waals surface area contributed by atoms with Crippen LogP contribution in [0.4, 0.5) is 0 Å². The van der Waals surface area contributed by atoms with Crippen LogP contribution >= 0.6 is 0 Å². The molecule has 0 saturated heterocycles. The first-order valence-electron chi connectivity index (χ1n) is 4.82. The minimum Gasteiger partial charge on any atom is -0.491 e. The highest BCUT2D eigenvalue weighted by Gasteiger charge is 1.99. The molecule has 0 fully saturated rings. The van der Waals surface area contributed by atoms with Gasteiger partial charge in [-0.25, -0.2) is 0 Å². The Morgan fingerprint density at radius 2 is 1.92 bits per heavy atom. The summed E-state index contributed by atoms with van der Waals surface area (Å²) in [6.07, 6.45) is 8.92. The number of ether oxygens (including phenoxy) is 1. The molecule has 0 bridgehead atoms. The molecule has 70 valence electrons. The molecule has 0 spiro atoms. The van der Waals surface area contributed by atoms with Gasteiger partial charge in [0, 0.05) is 0 Å². The third-order valence-corrected chi connectivity index (χ3v) is 1.33. The second kappa shape index (κ2) is 6.96. The average Bonchev–Trinajstić information content (AvgIpc) is 2.08. The molecule has 0 aromatic heterocycles. The Balaban J connectivity index is 0.000000561. The van der Waals surface area contributed by atoms with Crippen LogP contribution in [0.2, 0.25) is 0 Å². The molecule has 0 aliphatic heterocycles. The standard InChI is InChI=1S/C9H14O.C2H6/c1-8(2)10-9-6-4-3-5-7-9;1-2/h4,6-8H,3,5H2,1-2H3;1-2H3. The Morgan fingerprint density at radius 1 is 1.25 bits per heavy atom. The zero-order valence-electron chi connectivity index (χ0n) is 8.63. The van der Waals surface area contributed by atoms with Crippen LogP contribution in [0.15, 0.2) is 24.0 Å². The van der Waals surface area contributed by atoms with Gasteiger partial charge in [0.05, 0.1) is 6.10 Å². The van der Waals surface area contributed by atoms with E-state index in [-0.39, 0.29) is 0 Å². The summed E-state index contributed by atoms with van der Waals surface area (Å²) in [5.74, 6) is 1.03. The highest BCUT2D eigenvalue weighted by Crippen LogP contribution is 2.12. The van der Waals surface area contributed by atoms with E-state index in [1.165, 1.54) is 0 Å². The van der Waals surface area contributed by atoms with Crippen molar-refractivity contribution in [3.63, 3.8) is 0 Å². The van der Waals surface area contributed by atoms with E-state index in [2.05, 4.69) is 12.2 Å². The molecule has 0 atom stereocenters. The van der Waals surface area contributed by atoms with E-state index in [9.17, 15) is 0 Å². The van der Waals surface area contributed by atoms with Crippen molar-refractivity contribution in [2.75, 3.05) is 0 Å². The smallest absolute Gasteiger partial charge is 0.115 e. The fourth-order valence-electron chi connectivity index (χ4n) is 0.949. The maximum atomic E-state index is 5.47. The van der Waals surface area contributed by atoms with E-state index in [4.69, 9.17) is 4.74 Å². The Bertz CT molecular complexity index is 154. The molecule has 0 unspecified atom stereocenters. The zero-order chi connectivity index (χ0) is 9.40. The predicted octanol–water partition coefficient (Wildman–Crippen LogP) is 3.67. The SMILES string of the molecule is CC.CC(C)OC1=CCCC=C1. The molecule has 0 heterocycles. The van der Waals surface area contributed by atoms with Crippen LogP contribution < -0.4 is 0 Å². The second-order valence-corrected chi connectivity index (χ2v) is 2.75. The fourth-order valence-corrected chi connectivity index (χ4v) is 0.949. The molecule has 1 aliphatic rings. The van der Waals surface area contributed by atoms with Gasteiger partial charge in [0.25, 0.3) is 0 Å². The van der Waals surface area contributed by atoms with E-state index in [0.29, 0.717) is 6.10 Å². The number of hydrogen-bond donors (Lipinski definition) is 0. The summed E-state index contributed by atoms with van der Waals surface area (Å²) in [5, 5.41) is 0. The molecule has 0 amide bonds. The van der Waals surface area contributed by atoms with Crippen LogP contribution in [-0.4, -0.2) is 6.10 Å². The minimum atomic E-state index is 0.300. The van der Waals surface area contributed by atoms with Gasteiger partial charge in [-0.1, -0.05) is 19.9 Å². The Kier molecular flexibility index (Phi) is 6.54. The van der Waals surface area contributed by atoms with Gasteiger partial charge in [0.2, 0.25) is 0 Å². The van der Waals surface area contributed by atoms with Gasteiger partial charge in [-0.2, -0.15) is 0 Å². The second-order valence-electron chi connectivity index (χ2n) is 2.75. The van der Waals surface area contributed by atoms with E-state index >= 15 is 0 Å². The van der Waals surface area contributed by atoms with Crippen LogP contribution in [0.3, 0.4) is 0 Å². The molecule has 0 aromatic carbocycles. The fraction of sp³-hybridized carbons (Fsp3) is 0.636. The first-order valence-corrected chi connectivity index (χ1v) is 4.82. The summed E-state index contributed by atoms with van der Waals surface area (Å²) >= 11 is 0. The lowest BCUT2D eigenvalue weighted by Gasteiger charge is -2.12. The van der Waals surface area contributed by atoms with Crippen molar-refractivity contribution in [1.82, 2.24) is 0 Å². The lowest BCUT2D eigenvalue weighted by molar-refractivity contribution is 0.156. The third-order valence-electron chi connectivity index (χ3n) is 1.33. The van der Waals surface area contributed by atoms with Gasteiger partial charge >= 0.3 is 0 Å².